The van der Waals surface area contributed by atoms with Crippen molar-refractivity contribution in [1.82, 2.24) is 23.6 Å². The average molecular weight is 609 g/mol. The second kappa shape index (κ2) is 11.2. The van der Waals surface area contributed by atoms with E-state index in [9.17, 15) is 13.2 Å². The van der Waals surface area contributed by atoms with Crippen LogP contribution in [0, 0.1) is 12.3 Å². The molecule has 0 radical (unpaired) electrons. The minimum Gasteiger partial charge on any atom is -0.486 e. The lowest BCUT2D eigenvalue weighted by molar-refractivity contribution is 0.242. The molecule has 0 unspecified atom stereocenters. The van der Waals surface area contributed by atoms with E-state index in [1.54, 1.807) is 36.8 Å². The zero-order chi connectivity index (χ0) is 29.5. The molecule has 0 spiro atoms. The molecule has 10 nitrogen and oxygen atoms in total. The van der Waals surface area contributed by atoms with Crippen LogP contribution in [0.4, 0.5) is 5.69 Å². The Morgan fingerprint density at radius 1 is 1.02 bits per heavy atom. The highest BCUT2D eigenvalue weighted by molar-refractivity contribution is 7.88. The Labute approximate surface area is 250 Å². The highest BCUT2D eigenvalue weighted by Gasteiger charge is 2.39. The van der Waals surface area contributed by atoms with Crippen molar-refractivity contribution in [2.24, 2.45) is 5.41 Å². The molecule has 2 fully saturated rings. The summed E-state index contributed by atoms with van der Waals surface area (Å²) in [5.74, 6) is 0.142. The maximum absolute atomic E-state index is 13.6. The van der Waals surface area contributed by atoms with Crippen LogP contribution in [0.1, 0.15) is 31.0 Å². The third-order valence-electron chi connectivity index (χ3n) is 7.90. The van der Waals surface area contributed by atoms with Gasteiger partial charge in [-0.1, -0.05) is 36.7 Å². The molecule has 0 N–H and O–H groups in total. The lowest BCUT2D eigenvalue weighted by Crippen LogP contribution is -2.49. The van der Waals surface area contributed by atoms with Gasteiger partial charge in [0.2, 0.25) is 15.8 Å². The number of aromatic nitrogens is 4. The van der Waals surface area contributed by atoms with E-state index in [4.69, 9.17) is 16.3 Å². The summed E-state index contributed by atoms with van der Waals surface area (Å²) in [5.41, 5.74) is 3.37. The summed E-state index contributed by atoms with van der Waals surface area (Å²) in [4.78, 5) is 19.8. The largest absolute Gasteiger partial charge is 0.486 e. The number of hydrogen-bond donors (Lipinski definition) is 0. The summed E-state index contributed by atoms with van der Waals surface area (Å²) in [6.07, 6.45) is 7.39. The summed E-state index contributed by atoms with van der Waals surface area (Å²) in [6.45, 7) is 5.90. The minimum atomic E-state index is -3.54. The van der Waals surface area contributed by atoms with Crippen molar-refractivity contribution < 1.29 is 13.2 Å². The van der Waals surface area contributed by atoms with E-state index in [0.717, 1.165) is 29.8 Å². The van der Waals surface area contributed by atoms with Crippen molar-refractivity contribution >= 4 is 27.3 Å². The van der Waals surface area contributed by atoms with Gasteiger partial charge in [0.15, 0.2) is 0 Å². The van der Waals surface area contributed by atoms with Gasteiger partial charge in [-0.15, -0.1) is 0 Å². The van der Waals surface area contributed by atoms with Crippen LogP contribution in [-0.2, 0) is 15.8 Å². The molecule has 220 valence electrons. The molecule has 1 aliphatic heterocycles. The van der Waals surface area contributed by atoms with Crippen molar-refractivity contribution in [3.8, 4) is 17.1 Å². The van der Waals surface area contributed by atoms with Crippen LogP contribution >= 0.6 is 11.6 Å². The molecule has 4 aromatic rings. The number of anilines is 1. The number of piperazine rings is 1. The van der Waals surface area contributed by atoms with Crippen LogP contribution < -0.4 is 15.2 Å². The molecule has 6 rings (SSSR count). The molecule has 12 heteroatoms. The van der Waals surface area contributed by atoms with E-state index in [1.807, 2.05) is 46.9 Å². The Balaban J connectivity index is 1.17. The molecule has 1 aliphatic carbocycles. The fourth-order valence-corrected chi connectivity index (χ4v) is 6.72. The predicted octanol–water partition coefficient (Wildman–Crippen LogP) is 4.21. The zero-order valence-corrected chi connectivity index (χ0v) is 25.2. The van der Waals surface area contributed by atoms with Crippen LogP contribution in [0.15, 0.2) is 72.0 Å². The summed E-state index contributed by atoms with van der Waals surface area (Å²) in [7, 11) is -3.54. The van der Waals surface area contributed by atoms with Crippen LogP contribution in [0.25, 0.3) is 11.4 Å². The van der Waals surface area contributed by atoms with Gasteiger partial charge in [-0.05, 0) is 55.7 Å². The molecule has 2 aromatic heterocycles. The van der Waals surface area contributed by atoms with Crippen molar-refractivity contribution in [2.75, 3.05) is 37.7 Å². The molecular weight excluding hydrogens is 576 g/mol. The number of benzene rings is 2. The number of rotatable bonds is 9. The van der Waals surface area contributed by atoms with Crippen molar-refractivity contribution in [1.29, 1.82) is 0 Å². The van der Waals surface area contributed by atoms with Crippen LogP contribution in [-0.4, -0.2) is 64.8 Å². The van der Waals surface area contributed by atoms with E-state index < -0.39 is 10.0 Å². The lowest BCUT2D eigenvalue weighted by Gasteiger charge is -2.35. The summed E-state index contributed by atoms with van der Waals surface area (Å²) >= 11 is 6.16. The van der Waals surface area contributed by atoms with Crippen LogP contribution in [0.3, 0.4) is 0 Å². The molecule has 1 saturated carbocycles. The third-order valence-corrected chi connectivity index (χ3v) is 9.99. The van der Waals surface area contributed by atoms with Gasteiger partial charge in [0.25, 0.3) is 0 Å². The number of imidazole rings is 1. The van der Waals surface area contributed by atoms with Crippen molar-refractivity contribution in [3.63, 3.8) is 0 Å². The fraction of sp³-hybridized carbons (Fsp3) is 0.367. The van der Waals surface area contributed by atoms with E-state index in [1.165, 1.54) is 8.99 Å². The van der Waals surface area contributed by atoms with Gasteiger partial charge in [0.05, 0.1) is 36.3 Å². The van der Waals surface area contributed by atoms with Gasteiger partial charge in [-0.2, -0.15) is 14.1 Å². The molecule has 0 atom stereocenters. The first-order valence-electron chi connectivity index (χ1n) is 13.9. The van der Waals surface area contributed by atoms with E-state index in [2.05, 4.69) is 17.0 Å². The predicted molar refractivity (Wildman–Crippen MR) is 162 cm³/mol. The lowest BCUT2D eigenvalue weighted by atomic mass is 10.2. The van der Waals surface area contributed by atoms with Gasteiger partial charge >= 0.3 is 5.56 Å². The Morgan fingerprint density at radius 2 is 1.76 bits per heavy atom. The second-order valence-corrected chi connectivity index (χ2v) is 13.8. The number of hydrogen-bond acceptors (Lipinski definition) is 7. The maximum atomic E-state index is 13.6. The number of nitrogens with zero attached hydrogens (tertiary/aromatic N) is 6. The number of ether oxygens (including phenoxy) is 1. The van der Waals surface area contributed by atoms with E-state index >= 15 is 0 Å². The highest BCUT2D eigenvalue weighted by atomic mass is 35.5. The minimum absolute atomic E-state index is 0.0660. The topological polar surface area (TPSA) is 103 Å². The fourth-order valence-electron chi connectivity index (χ4n) is 5.02. The normalized spacial score (nSPS) is 16.9. The molecular formula is C30H33ClN6O4S. The first kappa shape index (κ1) is 28.4. The Morgan fingerprint density at radius 3 is 2.40 bits per heavy atom. The summed E-state index contributed by atoms with van der Waals surface area (Å²) in [5, 5.41) is 4.93. The van der Waals surface area contributed by atoms with Crippen molar-refractivity contribution in [3.05, 3.63) is 93.9 Å². The first-order chi connectivity index (χ1) is 20.1. The zero-order valence-electron chi connectivity index (χ0n) is 23.6. The van der Waals surface area contributed by atoms with E-state index in [0.29, 0.717) is 49.2 Å². The van der Waals surface area contributed by atoms with Gasteiger partial charge in [-0.3, -0.25) is 4.79 Å². The molecule has 2 aliphatic rings. The standard InChI is InChI=1S/C30H33ClN6O4S/c1-22-18-35(21-32-22)25-8-6-23(7-9-25)19-42(39,40)36-14-12-34(13-15-36)27-17-33-37(26-5-3-4-24(31)16-26)29(38)28(27)41-20-30(2)10-11-30/h3-9,16-18,21H,10-15,19-20H2,1-2H3. The van der Waals surface area contributed by atoms with Gasteiger partial charge in [0, 0.05) is 48.5 Å². The molecule has 0 amide bonds. The number of aryl methyl sites for hydroxylation is 1. The monoisotopic (exact) mass is 608 g/mol. The van der Waals surface area contributed by atoms with Crippen molar-refractivity contribution in [2.45, 2.75) is 32.4 Å². The number of halogens is 1. The molecule has 42 heavy (non-hydrogen) atoms. The SMILES string of the molecule is Cc1cn(-c2ccc(CS(=O)(=O)N3CCN(c4cnn(-c5cccc(Cl)c5)c(=O)c4OCC4(C)CC4)CC3)cc2)cn1. The van der Waals surface area contributed by atoms with Gasteiger partial charge in [-0.25, -0.2) is 13.4 Å². The molecule has 2 aromatic carbocycles. The van der Waals surface area contributed by atoms with Gasteiger partial charge < -0.3 is 14.2 Å². The maximum Gasteiger partial charge on any atom is 0.316 e. The molecule has 0 bridgehead atoms. The Kier molecular flexibility index (Phi) is 7.59. The highest BCUT2D eigenvalue weighted by Crippen LogP contribution is 2.45. The average Bonchev–Trinajstić information content (AvgIpc) is 3.55. The molecule has 3 heterocycles. The Hall–Kier alpha value is -3.67. The van der Waals surface area contributed by atoms with E-state index in [-0.39, 0.29) is 22.5 Å². The Bertz CT molecular complexity index is 1760. The second-order valence-electron chi connectivity index (χ2n) is 11.4. The quantitative estimate of drug-likeness (QED) is 0.280. The summed E-state index contributed by atoms with van der Waals surface area (Å²) in [6, 6.07) is 14.4. The first-order valence-corrected chi connectivity index (χ1v) is 15.9. The van der Waals surface area contributed by atoms with Crippen LogP contribution in [0.2, 0.25) is 5.02 Å². The summed E-state index contributed by atoms with van der Waals surface area (Å²) < 4.78 is 37.5. The third kappa shape index (κ3) is 6.08. The smallest absolute Gasteiger partial charge is 0.316 e. The number of sulfonamides is 1. The molecule has 1 saturated heterocycles. The van der Waals surface area contributed by atoms with Crippen LogP contribution in [0.5, 0.6) is 5.75 Å². The van der Waals surface area contributed by atoms with Gasteiger partial charge in [0.1, 0.15) is 5.69 Å².